The van der Waals surface area contributed by atoms with Crippen molar-refractivity contribution in [3.8, 4) is 17.2 Å². The summed E-state index contributed by atoms with van der Waals surface area (Å²) in [5.41, 5.74) is 5.06. The molecule has 0 amide bonds. The molecule has 5 nitrogen and oxygen atoms in total. The van der Waals surface area contributed by atoms with Gasteiger partial charge in [0.15, 0.2) is 17.3 Å². The summed E-state index contributed by atoms with van der Waals surface area (Å²) in [6, 6.07) is 11.4. The molecule has 0 aliphatic heterocycles. The van der Waals surface area contributed by atoms with Crippen LogP contribution in [0.1, 0.15) is 27.0 Å². The third kappa shape index (κ3) is 3.12. The molecule has 0 saturated heterocycles. The number of nitrogens with one attached hydrogen (secondary N) is 1. The highest BCUT2D eigenvalue weighted by Gasteiger charge is 2.23. The number of carbonyl (C=O) groups excluding carboxylic acids is 1. The summed E-state index contributed by atoms with van der Waals surface area (Å²) >= 11 is 3.56. The molecular weight excluding hydrogens is 446 g/mol. The van der Waals surface area contributed by atoms with E-state index in [0.29, 0.717) is 28.4 Å². The van der Waals surface area contributed by atoms with E-state index in [2.05, 4.69) is 27.0 Å². The smallest absolute Gasteiger partial charge is 0.197 e. The first-order chi connectivity index (χ1) is 14.4. The Kier molecular flexibility index (Phi) is 5.20. The standard InChI is InChI=1S/C24H22BrNO4/c1-12-8-15(13(2)22-16-9-14(25)6-7-18(16)26-23(12)22)24(27)17-10-20(29-4)21(30-5)11-19(17)28-3/h6-11,26H,1-5H3. The number of ketones is 1. The number of methoxy groups -OCH3 is 3. The van der Waals surface area contributed by atoms with Crippen LogP contribution in [0, 0.1) is 13.8 Å². The van der Waals surface area contributed by atoms with Gasteiger partial charge in [0.05, 0.1) is 26.9 Å². The van der Waals surface area contributed by atoms with Gasteiger partial charge < -0.3 is 19.2 Å². The van der Waals surface area contributed by atoms with Crippen molar-refractivity contribution in [1.82, 2.24) is 4.98 Å². The molecule has 1 aromatic heterocycles. The number of H-pyrrole nitrogens is 1. The number of aromatic amines is 1. The fourth-order valence-corrected chi connectivity index (χ4v) is 4.33. The van der Waals surface area contributed by atoms with Crippen molar-refractivity contribution < 1.29 is 19.0 Å². The second-order valence-electron chi connectivity index (χ2n) is 7.17. The summed E-state index contributed by atoms with van der Waals surface area (Å²) in [4.78, 5) is 17.1. The van der Waals surface area contributed by atoms with Gasteiger partial charge in [-0.25, -0.2) is 0 Å². The Balaban J connectivity index is 1.98. The summed E-state index contributed by atoms with van der Waals surface area (Å²) in [5, 5.41) is 2.13. The molecule has 0 aliphatic carbocycles. The maximum absolute atomic E-state index is 13.6. The molecule has 0 saturated carbocycles. The second-order valence-corrected chi connectivity index (χ2v) is 8.08. The monoisotopic (exact) mass is 467 g/mol. The van der Waals surface area contributed by atoms with E-state index in [0.717, 1.165) is 37.4 Å². The minimum Gasteiger partial charge on any atom is -0.496 e. The zero-order valence-electron chi connectivity index (χ0n) is 17.5. The first kappa shape index (κ1) is 20.3. The Morgan fingerprint density at radius 3 is 2.20 bits per heavy atom. The molecule has 6 heteroatoms. The number of rotatable bonds is 5. The SMILES string of the molecule is COc1cc(OC)c(C(=O)c2cc(C)c3[nH]c4ccc(Br)cc4c3c2C)cc1OC. The van der Waals surface area contributed by atoms with Crippen molar-refractivity contribution in [2.24, 2.45) is 0 Å². The zero-order valence-corrected chi connectivity index (χ0v) is 19.1. The normalized spacial score (nSPS) is 11.1. The number of fused-ring (bicyclic) bond motifs is 3. The van der Waals surface area contributed by atoms with Gasteiger partial charge in [-0.3, -0.25) is 4.79 Å². The Labute approximate surface area is 183 Å². The average molecular weight is 468 g/mol. The maximum atomic E-state index is 13.6. The first-order valence-corrected chi connectivity index (χ1v) is 10.2. The Morgan fingerprint density at radius 1 is 0.867 bits per heavy atom. The summed E-state index contributed by atoms with van der Waals surface area (Å²) in [6.07, 6.45) is 0. The minimum atomic E-state index is -0.125. The van der Waals surface area contributed by atoms with Gasteiger partial charge in [0.2, 0.25) is 0 Å². The van der Waals surface area contributed by atoms with Crippen LogP contribution in [0.5, 0.6) is 17.2 Å². The topological polar surface area (TPSA) is 60.5 Å². The van der Waals surface area contributed by atoms with E-state index < -0.39 is 0 Å². The highest BCUT2D eigenvalue weighted by molar-refractivity contribution is 9.10. The van der Waals surface area contributed by atoms with Crippen molar-refractivity contribution in [2.45, 2.75) is 13.8 Å². The van der Waals surface area contributed by atoms with Crippen LogP contribution in [0.4, 0.5) is 0 Å². The van der Waals surface area contributed by atoms with Crippen molar-refractivity contribution >= 4 is 43.5 Å². The molecule has 30 heavy (non-hydrogen) atoms. The number of hydrogen-bond acceptors (Lipinski definition) is 4. The first-order valence-electron chi connectivity index (χ1n) is 9.45. The summed E-state index contributed by atoms with van der Waals surface area (Å²) in [5.74, 6) is 1.31. The Morgan fingerprint density at radius 2 is 1.53 bits per heavy atom. The van der Waals surface area contributed by atoms with Gasteiger partial charge in [0.1, 0.15) is 5.75 Å². The van der Waals surface area contributed by atoms with Crippen LogP contribution in [0.25, 0.3) is 21.8 Å². The van der Waals surface area contributed by atoms with Gasteiger partial charge in [-0.15, -0.1) is 0 Å². The third-order valence-electron chi connectivity index (χ3n) is 5.49. The molecule has 1 heterocycles. The zero-order chi connectivity index (χ0) is 21.6. The molecule has 0 radical (unpaired) electrons. The van der Waals surface area contributed by atoms with Gasteiger partial charge in [0, 0.05) is 37.9 Å². The molecule has 3 aromatic carbocycles. The van der Waals surface area contributed by atoms with Crippen LogP contribution in [0.2, 0.25) is 0 Å². The Bertz CT molecular complexity index is 1310. The number of carbonyl (C=O) groups is 1. The molecule has 4 aromatic rings. The molecule has 0 atom stereocenters. The lowest BCUT2D eigenvalue weighted by molar-refractivity contribution is 0.103. The lowest BCUT2D eigenvalue weighted by Gasteiger charge is -2.15. The van der Waals surface area contributed by atoms with E-state index in [4.69, 9.17) is 14.2 Å². The molecule has 4 rings (SSSR count). The van der Waals surface area contributed by atoms with E-state index in [1.807, 2.05) is 32.0 Å². The maximum Gasteiger partial charge on any atom is 0.197 e. The van der Waals surface area contributed by atoms with Crippen LogP contribution < -0.4 is 14.2 Å². The molecular formula is C24H22BrNO4. The largest absolute Gasteiger partial charge is 0.496 e. The van der Waals surface area contributed by atoms with Crippen molar-refractivity contribution in [1.29, 1.82) is 0 Å². The van der Waals surface area contributed by atoms with E-state index in [-0.39, 0.29) is 5.78 Å². The quantitative estimate of drug-likeness (QED) is 0.368. The number of aryl methyl sites for hydroxylation is 2. The predicted molar refractivity (Wildman–Crippen MR) is 123 cm³/mol. The molecule has 0 fully saturated rings. The molecule has 0 bridgehead atoms. The number of aromatic nitrogens is 1. The lowest BCUT2D eigenvalue weighted by Crippen LogP contribution is -2.08. The number of ether oxygens (including phenoxy) is 3. The van der Waals surface area contributed by atoms with Crippen LogP contribution in [-0.4, -0.2) is 32.1 Å². The Hall–Kier alpha value is -2.99. The molecule has 0 unspecified atom stereocenters. The van der Waals surface area contributed by atoms with Crippen LogP contribution in [0.3, 0.4) is 0 Å². The van der Waals surface area contributed by atoms with Crippen molar-refractivity contribution in [2.75, 3.05) is 21.3 Å². The lowest BCUT2D eigenvalue weighted by atomic mass is 9.92. The predicted octanol–water partition coefficient (Wildman–Crippen LogP) is 5.96. The number of benzene rings is 3. The fourth-order valence-electron chi connectivity index (χ4n) is 3.97. The molecule has 1 N–H and O–H groups in total. The number of hydrogen-bond donors (Lipinski definition) is 1. The second kappa shape index (κ2) is 7.69. The van der Waals surface area contributed by atoms with Crippen LogP contribution in [0.15, 0.2) is 40.9 Å². The average Bonchev–Trinajstić information content (AvgIpc) is 3.14. The fraction of sp³-hybridized carbons (Fsp3) is 0.208. The van der Waals surface area contributed by atoms with E-state index in [9.17, 15) is 4.79 Å². The van der Waals surface area contributed by atoms with Crippen molar-refractivity contribution in [3.05, 3.63) is 63.1 Å². The van der Waals surface area contributed by atoms with Gasteiger partial charge in [-0.05, 0) is 55.3 Å². The number of halogens is 1. The van der Waals surface area contributed by atoms with Gasteiger partial charge >= 0.3 is 0 Å². The van der Waals surface area contributed by atoms with E-state index >= 15 is 0 Å². The molecule has 0 spiro atoms. The van der Waals surface area contributed by atoms with Crippen LogP contribution in [-0.2, 0) is 0 Å². The highest BCUT2D eigenvalue weighted by Crippen LogP contribution is 2.38. The molecule has 0 aliphatic rings. The summed E-state index contributed by atoms with van der Waals surface area (Å²) in [7, 11) is 4.63. The summed E-state index contributed by atoms with van der Waals surface area (Å²) < 4.78 is 17.2. The van der Waals surface area contributed by atoms with E-state index in [1.165, 1.54) is 7.11 Å². The third-order valence-corrected chi connectivity index (χ3v) is 5.98. The van der Waals surface area contributed by atoms with Gasteiger partial charge in [0.25, 0.3) is 0 Å². The van der Waals surface area contributed by atoms with Gasteiger partial charge in [-0.2, -0.15) is 0 Å². The minimum absolute atomic E-state index is 0.125. The van der Waals surface area contributed by atoms with Crippen LogP contribution >= 0.6 is 15.9 Å². The molecule has 154 valence electrons. The van der Waals surface area contributed by atoms with Crippen molar-refractivity contribution in [3.63, 3.8) is 0 Å². The van der Waals surface area contributed by atoms with E-state index in [1.54, 1.807) is 26.4 Å². The van der Waals surface area contributed by atoms with Gasteiger partial charge in [-0.1, -0.05) is 15.9 Å². The summed E-state index contributed by atoms with van der Waals surface area (Å²) in [6.45, 7) is 3.99. The highest BCUT2D eigenvalue weighted by atomic mass is 79.9.